The third-order valence-corrected chi connectivity index (χ3v) is 5.91. The smallest absolute Gasteiger partial charge is 0.254 e. The molecule has 2 aromatic carbocycles. The van der Waals surface area contributed by atoms with Crippen molar-refractivity contribution in [2.45, 2.75) is 6.04 Å². The van der Waals surface area contributed by atoms with Crippen LogP contribution in [-0.2, 0) is 0 Å². The molecule has 0 N–H and O–H groups in total. The van der Waals surface area contributed by atoms with E-state index in [4.69, 9.17) is 10.00 Å². The molecule has 1 amide bonds. The second-order valence-corrected chi connectivity index (χ2v) is 7.63. The van der Waals surface area contributed by atoms with Crippen LogP contribution in [0, 0.1) is 29.0 Å². The van der Waals surface area contributed by atoms with Crippen LogP contribution in [0.4, 0.5) is 4.39 Å². The molecule has 2 aliphatic heterocycles. The Bertz CT molecular complexity index is 944. The molecule has 2 fully saturated rings. The van der Waals surface area contributed by atoms with Crippen molar-refractivity contribution in [3.05, 3.63) is 65.0 Å². The van der Waals surface area contributed by atoms with Crippen molar-refractivity contribution in [2.75, 3.05) is 33.8 Å². The standard InChI is InChI=1S/C22H22FN3O2.ClH/c1-25-11-17-12-26(22(27)16-7-14(10-24)8-18(23)9-16)13-20(17)21(25)15-3-5-19(28-2)6-4-15;/h3-9,17,20-21H,11-13H2,1-2H3;1H/t17-,20+,21-;/m0./s1. The summed E-state index contributed by atoms with van der Waals surface area (Å²) >= 11 is 0. The highest BCUT2D eigenvalue weighted by Gasteiger charge is 2.47. The van der Waals surface area contributed by atoms with E-state index in [1.807, 2.05) is 18.2 Å². The quantitative estimate of drug-likeness (QED) is 0.769. The van der Waals surface area contributed by atoms with Crippen LogP contribution < -0.4 is 4.74 Å². The number of nitriles is 1. The number of benzene rings is 2. The molecule has 0 saturated carbocycles. The average molecular weight is 416 g/mol. The molecule has 0 radical (unpaired) electrons. The lowest BCUT2D eigenvalue weighted by molar-refractivity contribution is 0.0767. The number of rotatable bonds is 3. The number of fused-ring (bicyclic) bond motifs is 1. The molecule has 0 unspecified atom stereocenters. The van der Waals surface area contributed by atoms with Gasteiger partial charge in [-0.15, -0.1) is 12.4 Å². The molecular weight excluding hydrogens is 393 g/mol. The molecule has 29 heavy (non-hydrogen) atoms. The summed E-state index contributed by atoms with van der Waals surface area (Å²) in [6, 6.07) is 14.1. The number of methoxy groups -OCH3 is 1. The molecule has 2 heterocycles. The first-order valence-electron chi connectivity index (χ1n) is 9.34. The molecule has 0 spiro atoms. The van der Waals surface area contributed by atoms with Gasteiger partial charge in [-0.3, -0.25) is 9.69 Å². The summed E-state index contributed by atoms with van der Waals surface area (Å²) in [5.74, 6) is 0.763. The topological polar surface area (TPSA) is 56.6 Å². The van der Waals surface area contributed by atoms with E-state index in [0.717, 1.165) is 18.4 Å². The summed E-state index contributed by atoms with van der Waals surface area (Å²) in [7, 11) is 3.77. The lowest BCUT2D eigenvalue weighted by Gasteiger charge is -2.27. The Labute approximate surface area is 176 Å². The van der Waals surface area contributed by atoms with Crippen molar-refractivity contribution >= 4 is 18.3 Å². The Morgan fingerprint density at radius 2 is 1.90 bits per heavy atom. The molecule has 2 aliphatic rings. The van der Waals surface area contributed by atoms with E-state index in [0.29, 0.717) is 24.9 Å². The lowest BCUT2D eigenvalue weighted by atomic mass is 9.89. The van der Waals surface area contributed by atoms with Crippen LogP contribution in [-0.4, -0.2) is 49.5 Å². The largest absolute Gasteiger partial charge is 0.497 e. The van der Waals surface area contributed by atoms with Crippen molar-refractivity contribution in [3.8, 4) is 11.8 Å². The summed E-state index contributed by atoms with van der Waals surface area (Å²) < 4.78 is 19.0. The number of ether oxygens (including phenoxy) is 1. The van der Waals surface area contributed by atoms with E-state index in [9.17, 15) is 9.18 Å². The van der Waals surface area contributed by atoms with Gasteiger partial charge in [-0.05, 0) is 48.9 Å². The van der Waals surface area contributed by atoms with Gasteiger partial charge in [-0.1, -0.05) is 12.1 Å². The number of carbonyl (C=O) groups is 1. The minimum absolute atomic E-state index is 0. The Hall–Kier alpha value is -2.62. The summed E-state index contributed by atoms with van der Waals surface area (Å²) in [6.07, 6.45) is 0. The van der Waals surface area contributed by atoms with E-state index in [-0.39, 0.29) is 35.5 Å². The van der Waals surface area contributed by atoms with Gasteiger partial charge < -0.3 is 9.64 Å². The highest BCUT2D eigenvalue weighted by Crippen LogP contribution is 2.44. The first kappa shape index (κ1) is 21.1. The van der Waals surface area contributed by atoms with Gasteiger partial charge in [0.2, 0.25) is 0 Å². The second kappa shape index (κ2) is 8.40. The van der Waals surface area contributed by atoms with Gasteiger partial charge in [-0.2, -0.15) is 5.26 Å². The maximum atomic E-state index is 13.8. The molecule has 0 aromatic heterocycles. The first-order chi connectivity index (χ1) is 13.5. The number of hydrogen-bond acceptors (Lipinski definition) is 4. The number of nitrogens with zero attached hydrogens (tertiary/aromatic N) is 3. The average Bonchev–Trinajstić information content (AvgIpc) is 3.23. The van der Waals surface area contributed by atoms with Crippen molar-refractivity contribution in [3.63, 3.8) is 0 Å². The van der Waals surface area contributed by atoms with E-state index in [2.05, 4.69) is 24.1 Å². The number of likely N-dealkylation sites (tertiary alicyclic amines) is 2. The van der Waals surface area contributed by atoms with Crippen LogP contribution in [0.25, 0.3) is 0 Å². The highest BCUT2D eigenvalue weighted by atomic mass is 35.5. The van der Waals surface area contributed by atoms with Crippen molar-refractivity contribution in [1.29, 1.82) is 5.26 Å². The van der Waals surface area contributed by atoms with Crippen LogP contribution in [0.2, 0.25) is 0 Å². The monoisotopic (exact) mass is 415 g/mol. The van der Waals surface area contributed by atoms with Crippen molar-refractivity contribution < 1.29 is 13.9 Å². The fourth-order valence-corrected chi connectivity index (χ4v) is 4.69. The maximum Gasteiger partial charge on any atom is 0.254 e. The van der Waals surface area contributed by atoms with Crippen LogP contribution in [0.15, 0.2) is 42.5 Å². The number of halogens is 2. The van der Waals surface area contributed by atoms with Crippen LogP contribution in [0.3, 0.4) is 0 Å². The number of carbonyl (C=O) groups excluding carboxylic acids is 1. The van der Waals surface area contributed by atoms with Gasteiger partial charge in [0, 0.05) is 37.2 Å². The lowest BCUT2D eigenvalue weighted by Crippen LogP contribution is -2.33. The van der Waals surface area contributed by atoms with E-state index in [1.165, 1.54) is 17.7 Å². The predicted octanol–water partition coefficient (Wildman–Crippen LogP) is 3.50. The Balaban J connectivity index is 0.00000240. The molecule has 0 aliphatic carbocycles. The third kappa shape index (κ3) is 3.93. The fourth-order valence-electron chi connectivity index (χ4n) is 4.69. The molecule has 0 bridgehead atoms. The Morgan fingerprint density at radius 3 is 2.55 bits per heavy atom. The summed E-state index contributed by atoms with van der Waals surface area (Å²) in [6.45, 7) is 2.19. The van der Waals surface area contributed by atoms with Crippen molar-refractivity contribution in [1.82, 2.24) is 9.80 Å². The molecule has 152 valence electrons. The predicted molar refractivity (Wildman–Crippen MR) is 110 cm³/mol. The maximum absolute atomic E-state index is 13.8. The minimum Gasteiger partial charge on any atom is -0.497 e. The van der Waals surface area contributed by atoms with E-state index < -0.39 is 5.82 Å². The number of hydrogen-bond donors (Lipinski definition) is 0. The first-order valence-corrected chi connectivity index (χ1v) is 9.34. The van der Waals surface area contributed by atoms with Gasteiger partial charge in [0.05, 0.1) is 18.7 Å². The molecular formula is C22H23ClFN3O2. The zero-order valence-electron chi connectivity index (χ0n) is 16.3. The van der Waals surface area contributed by atoms with Crippen molar-refractivity contribution in [2.24, 2.45) is 11.8 Å². The molecule has 5 nitrogen and oxygen atoms in total. The number of amides is 1. The SMILES string of the molecule is COc1ccc([C@H]2[C@@H]3CN(C(=O)c4cc(F)cc(C#N)c4)C[C@@H]3CN2C)cc1.Cl. The second-order valence-electron chi connectivity index (χ2n) is 7.63. The molecule has 2 aromatic rings. The van der Waals surface area contributed by atoms with Gasteiger partial charge in [-0.25, -0.2) is 4.39 Å². The normalized spacial score (nSPS) is 23.2. The van der Waals surface area contributed by atoms with Gasteiger partial charge in [0.25, 0.3) is 5.91 Å². The van der Waals surface area contributed by atoms with E-state index in [1.54, 1.807) is 12.0 Å². The van der Waals surface area contributed by atoms with Gasteiger partial charge in [0.15, 0.2) is 0 Å². The van der Waals surface area contributed by atoms with Gasteiger partial charge in [0.1, 0.15) is 11.6 Å². The third-order valence-electron chi connectivity index (χ3n) is 5.91. The molecule has 3 atom stereocenters. The molecule has 4 rings (SSSR count). The summed E-state index contributed by atoms with van der Waals surface area (Å²) in [4.78, 5) is 17.1. The molecule has 2 saturated heterocycles. The zero-order valence-corrected chi connectivity index (χ0v) is 17.2. The Morgan fingerprint density at radius 1 is 1.17 bits per heavy atom. The zero-order chi connectivity index (χ0) is 19.8. The van der Waals surface area contributed by atoms with Crippen LogP contribution in [0.5, 0.6) is 5.75 Å². The van der Waals surface area contributed by atoms with Crippen LogP contribution in [0.1, 0.15) is 27.5 Å². The van der Waals surface area contributed by atoms with Gasteiger partial charge >= 0.3 is 0 Å². The minimum atomic E-state index is -0.558. The Kier molecular flexibility index (Phi) is 6.11. The molecule has 7 heteroatoms. The highest BCUT2D eigenvalue weighted by molar-refractivity contribution is 5.94. The summed E-state index contributed by atoms with van der Waals surface area (Å²) in [5, 5.41) is 9.04. The fraction of sp³-hybridized carbons (Fsp3) is 0.364. The van der Waals surface area contributed by atoms with E-state index >= 15 is 0 Å². The van der Waals surface area contributed by atoms with Crippen LogP contribution >= 0.6 is 12.4 Å². The summed E-state index contributed by atoms with van der Waals surface area (Å²) in [5.41, 5.74) is 1.62.